The first-order valence-corrected chi connectivity index (χ1v) is 10.1. The number of Topliss-reactive ketones (excluding diaryl/α,β-unsaturated/α-hetero) is 1. The Bertz CT molecular complexity index is 917. The first kappa shape index (κ1) is 19.1. The normalized spacial score (nSPS) is 41.2. The number of hydrogen-bond acceptors (Lipinski definition) is 4. The Kier molecular flexibility index (Phi) is 4.01. The van der Waals surface area contributed by atoms with Crippen LogP contribution in [0.2, 0.25) is 0 Å². The molecule has 0 aliphatic heterocycles. The molecular weight excluding hydrogens is 352 g/mol. The summed E-state index contributed by atoms with van der Waals surface area (Å²) in [6, 6.07) is 0. The van der Waals surface area contributed by atoms with Gasteiger partial charge in [-0.1, -0.05) is 30.7 Å². The van der Waals surface area contributed by atoms with E-state index < -0.39 is 17.0 Å². The molecule has 0 radical (unpaired) electrons. The number of allylic oxidation sites excluding steroid dienone is 8. The van der Waals surface area contributed by atoms with E-state index in [0.717, 1.165) is 17.6 Å². The van der Waals surface area contributed by atoms with Crippen molar-refractivity contribution in [1.82, 2.24) is 0 Å². The lowest BCUT2D eigenvalue weighted by molar-refractivity contribution is -0.179. The Labute approximate surface area is 166 Å². The number of fused-ring (bicyclic) bond motifs is 5. The zero-order valence-electron chi connectivity index (χ0n) is 17.3. The van der Waals surface area contributed by atoms with E-state index in [1.54, 1.807) is 19.1 Å². The molecule has 0 spiro atoms. The number of hydrogen-bond donors (Lipinski definition) is 0. The predicted molar refractivity (Wildman–Crippen MR) is 106 cm³/mol. The minimum absolute atomic E-state index is 0.0336. The largest absolute Gasteiger partial charge is 0.451 e. The highest BCUT2D eigenvalue weighted by molar-refractivity contribution is 6.02. The molecule has 28 heavy (non-hydrogen) atoms. The molecule has 4 rings (SSSR count). The van der Waals surface area contributed by atoms with Crippen LogP contribution < -0.4 is 0 Å². The van der Waals surface area contributed by atoms with Gasteiger partial charge in [-0.05, 0) is 69.2 Å². The maximum atomic E-state index is 12.7. The van der Waals surface area contributed by atoms with E-state index >= 15 is 0 Å². The van der Waals surface area contributed by atoms with Crippen molar-refractivity contribution in [3.63, 3.8) is 0 Å². The highest BCUT2D eigenvalue weighted by Gasteiger charge is 2.65. The van der Waals surface area contributed by atoms with Crippen LogP contribution >= 0.6 is 0 Å². The van der Waals surface area contributed by atoms with Crippen LogP contribution in [0.1, 0.15) is 53.9 Å². The van der Waals surface area contributed by atoms with Gasteiger partial charge in [-0.15, -0.1) is 0 Å². The smallest absolute Gasteiger partial charge is 0.303 e. The van der Waals surface area contributed by atoms with Gasteiger partial charge in [-0.2, -0.15) is 0 Å². The molecule has 0 bridgehead atoms. The number of ether oxygens (including phenoxy) is 1. The van der Waals surface area contributed by atoms with Crippen molar-refractivity contribution in [2.24, 2.45) is 22.7 Å². The topological polar surface area (TPSA) is 60.4 Å². The Morgan fingerprint density at radius 1 is 1.21 bits per heavy atom. The van der Waals surface area contributed by atoms with Crippen LogP contribution in [0.3, 0.4) is 0 Å². The first-order chi connectivity index (χ1) is 13.0. The Balaban J connectivity index is 1.85. The summed E-state index contributed by atoms with van der Waals surface area (Å²) >= 11 is 0. The Morgan fingerprint density at radius 3 is 2.57 bits per heavy atom. The van der Waals surface area contributed by atoms with E-state index in [0.29, 0.717) is 12.8 Å². The van der Waals surface area contributed by atoms with Crippen LogP contribution in [0.25, 0.3) is 0 Å². The highest BCUT2D eigenvalue weighted by Crippen LogP contribution is 2.65. The lowest BCUT2D eigenvalue weighted by Crippen LogP contribution is -2.55. The fourth-order valence-electron chi connectivity index (χ4n) is 6.47. The molecule has 1 saturated carbocycles. The number of rotatable bonds is 2. The molecule has 0 heterocycles. The molecule has 5 unspecified atom stereocenters. The van der Waals surface area contributed by atoms with Gasteiger partial charge in [0.1, 0.15) is 0 Å². The molecule has 4 nitrogen and oxygen atoms in total. The van der Waals surface area contributed by atoms with Crippen LogP contribution in [-0.4, -0.2) is 23.1 Å². The number of esters is 1. The fraction of sp³-hybridized carbons (Fsp3) is 0.542. The summed E-state index contributed by atoms with van der Waals surface area (Å²) in [6.45, 7) is 9.30. The Hall–Kier alpha value is -2.23. The molecule has 5 atom stereocenters. The van der Waals surface area contributed by atoms with Crippen LogP contribution in [0.15, 0.2) is 47.1 Å². The SMILES string of the molecule is CC(=O)OC1(C(C)=O)CCC2C3C=C(C)C4=CC(=O)C=CC4(C)C3=CCC21C. The van der Waals surface area contributed by atoms with Crippen LogP contribution in [0, 0.1) is 22.7 Å². The van der Waals surface area contributed by atoms with Crippen molar-refractivity contribution < 1.29 is 19.1 Å². The standard InChI is InChI=1S/C24H28O4/c1-14-12-18-19(22(4)9-6-17(27)13-21(14)22)7-10-23(5)20(18)8-11-24(23,15(2)25)28-16(3)26/h6-7,9,12-13,18,20H,8,10-11H2,1-5H3. The third-order valence-corrected chi connectivity index (χ3v) is 7.85. The van der Waals surface area contributed by atoms with E-state index in [9.17, 15) is 14.4 Å². The molecule has 0 aromatic carbocycles. The molecule has 148 valence electrons. The van der Waals surface area contributed by atoms with Gasteiger partial charge in [0.25, 0.3) is 0 Å². The summed E-state index contributed by atoms with van der Waals surface area (Å²) in [5.74, 6) is -0.0268. The Morgan fingerprint density at radius 2 is 1.93 bits per heavy atom. The molecule has 1 fully saturated rings. The van der Waals surface area contributed by atoms with Crippen molar-refractivity contribution in [3.8, 4) is 0 Å². The third kappa shape index (κ3) is 2.26. The van der Waals surface area contributed by atoms with Gasteiger partial charge >= 0.3 is 5.97 Å². The minimum Gasteiger partial charge on any atom is -0.451 e. The quantitative estimate of drug-likeness (QED) is 0.530. The minimum atomic E-state index is -1.05. The number of ketones is 2. The second-order valence-electron chi connectivity index (χ2n) is 9.27. The van der Waals surface area contributed by atoms with Crippen molar-refractivity contribution in [3.05, 3.63) is 47.1 Å². The summed E-state index contributed by atoms with van der Waals surface area (Å²) < 4.78 is 5.78. The van der Waals surface area contributed by atoms with E-state index in [1.165, 1.54) is 12.5 Å². The van der Waals surface area contributed by atoms with Gasteiger partial charge in [0.05, 0.1) is 0 Å². The molecule has 0 aromatic heterocycles. The van der Waals surface area contributed by atoms with E-state index in [1.807, 2.05) is 6.08 Å². The van der Waals surface area contributed by atoms with Gasteiger partial charge in [0.15, 0.2) is 17.2 Å². The monoisotopic (exact) mass is 380 g/mol. The van der Waals surface area contributed by atoms with Crippen LogP contribution in [-0.2, 0) is 19.1 Å². The van der Waals surface area contributed by atoms with Crippen molar-refractivity contribution >= 4 is 17.5 Å². The van der Waals surface area contributed by atoms with Gasteiger partial charge in [-0.25, -0.2) is 0 Å². The fourth-order valence-corrected chi connectivity index (χ4v) is 6.47. The third-order valence-electron chi connectivity index (χ3n) is 7.85. The molecule has 4 aliphatic carbocycles. The summed E-state index contributed by atoms with van der Waals surface area (Å²) in [7, 11) is 0. The van der Waals surface area contributed by atoms with E-state index in [2.05, 4.69) is 32.9 Å². The first-order valence-electron chi connectivity index (χ1n) is 10.1. The summed E-state index contributed by atoms with van der Waals surface area (Å²) in [4.78, 5) is 36.6. The molecule has 0 amide bonds. The van der Waals surface area contributed by atoms with E-state index in [-0.39, 0.29) is 28.8 Å². The highest BCUT2D eigenvalue weighted by atomic mass is 16.6. The lowest BCUT2D eigenvalue weighted by Gasteiger charge is -2.53. The second-order valence-corrected chi connectivity index (χ2v) is 9.27. The molecule has 0 N–H and O–H groups in total. The lowest BCUT2D eigenvalue weighted by atomic mass is 9.52. The summed E-state index contributed by atoms with van der Waals surface area (Å²) in [5.41, 5.74) is 1.73. The second kappa shape index (κ2) is 5.88. The predicted octanol–water partition coefficient (Wildman–Crippen LogP) is 4.27. The number of carbonyl (C=O) groups excluding carboxylic acids is 3. The van der Waals surface area contributed by atoms with Gasteiger partial charge < -0.3 is 4.74 Å². The van der Waals surface area contributed by atoms with E-state index in [4.69, 9.17) is 4.74 Å². The van der Waals surface area contributed by atoms with Gasteiger partial charge in [0, 0.05) is 23.7 Å². The zero-order chi connectivity index (χ0) is 20.5. The number of carbonyl (C=O) groups is 3. The molecular formula is C24H28O4. The van der Waals surface area contributed by atoms with Crippen LogP contribution in [0.5, 0.6) is 0 Å². The average Bonchev–Trinajstić information content (AvgIpc) is 2.90. The summed E-state index contributed by atoms with van der Waals surface area (Å²) in [5, 5.41) is 0. The molecule has 4 heteroatoms. The molecule has 4 aliphatic rings. The maximum absolute atomic E-state index is 12.7. The van der Waals surface area contributed by atoms with Gasteiger partial charge in [0.2, 0.25) is 0 Å². The molecule has 0 aromatic rings. The summed E-state index contributed by atoms with van der Waals surface area (Å²) in [6.07, 6.45) is 12.1. The van der Waals surface area contributed by atoms with Crippen molar-refractivity contribution in [2.75, 3.05) is 0 Å². The van der Waals surface area contributed by atoms with Crippen molar-refractivity contribution in [1.29, 1.82) is 0 Å². The van der Waals surface area contributed by atoms with Crippen LogP contribution in [0.4, 0.5) is 0 Å². The molecule has 0 saturated heterocycles. The van der Waals surface area contributed by atoms with Gasteiger partial charge in [-0.3, -0.25) is 14.4 Å². The average molecular weight is 380 g/mol. The maximum Gasteiger partial charge on any atom is 0.303 e. The van der Waals surface area contributed by atoms with Crippen molar-refractivity contribution in [2.45, 2.75) is 59.5 Å². The zero-order valence-corrected chi connectivity index (χ0v) is 17.3.